The van der Waals surface area contributed by atoms with E-state index in [0.29, 0.717) is 26.4 Å². The van der Waals surface area contributed by atoms with Crippen LogP contribution in [0.5, 0.6) is 0 Å². The fraction of sp³-hybridized carbons (Fsp3) is 0.100. The molecule has 0 aliphatic rings. The Labute approximate surface area is 183 Å². The number of halogens is 2. The summed E-state index contributed by atoms with van der Waals surface area (Å²) in [4.78, 5) is 19.2. The normalized spacial score (nSPS) is 11.3. The van der Waals surface area contributed by atoms with Gasteiger partial charge in [-0.05, 0) is 36.4 Å². The molecule has 3 rings (SSSR count). The van der Waals surface area contributed by atoms with Crippen LogP contribution in [0.15, 0.2) is 65.4 Å². The SMILES string of the molecule is C=CCN(C(=O)c1ccc(S(C)(=O)=O)cc1)c1nc(-c2ccc(Cl)c(Cl)c2)cs1. The molecule has 0 aliphatic carbocycles. The minimum atomic E-state index is -3.33. The molecule has 5 nitrogen and oxygen atoms in total. The first-order valence-electron chi connectivity index (χ1n) is 8.34. The minimum Gasteiger partial charge on any atom is -0.280 e. The van der Waals surface area contributed by atoms with Gasteiger partial charge < -0.3 is 0 Å². The molecule has 29 heavy (non-hydrogen) atoms. The highest BCUT2D eigenvalue weighted by Gasteiger charge is 2.21. The van der Waals surface area contributed by atoms with Crippen LogP contribution in [-0.2, 0) is 9.84 Å². The van der Waals surface area contributed by atoms with Crippen molar-refractivity contribution in [3.8, 4) is 11.3 Å². The fourth-order valence-electron chi connectivity index (χ4n) is 2.55. The average Bonchev–Trinajstić information content (AvgIpc) is 3.17. The number of nitrogens with zero attached hydrogens (tertiary/aromatic N) is 2. The summed E-state index contributed by atoms with van der Waals surface area (Å²) in [5.41, 5.74) is 1.80. The first kappa shape index (κ1) is 21.5. The predicted octanol–water partition coefficient (Wildman–Crippen LogP) is 5.35. The van der Waals surface area contributed by atoms with Gasteiger partial charge in [0.1, 0.15) is 0 Å². The van der Waals surface area contributed by atoms with Crippen LogP contribution in [0.1, 0.15) is 10.4 Å². The Morgan fingerprint density at radius 1 is 1.17 bits per heavy atom. The number of hydrogen-bond acceptors (Lipinski definition) is 5. The largest absolute Gasteiger partial charge is 0.280 e. The number of amides is 1. The third-order valence-corrected chi connectivity index (χ3v) is 6.76. The van der Waals surface area contributed by atoms with Gasteiger partial charge in [-0.3, -0.25) is 9.69 Å². The maximum absolute atomic E-state index is 13.0. The highest BCUT2D eigenvalue weighted by molar-refractivity contribution is 7.90. The van der Waals surface area contributed by atoms with Crippen LogP contribution in [0.3, 0.4) is 0 Å². The van der Waals surface area contributed by atoms with Crippen molar-refractivity contribution in [2.75, 3.05) is 17.7 Å². The van der Waals surface area contributed by atoms with Crippen molar-refractivity contribution in [2.24, 2.45) is 0 Å². The molecule has 0 saturated carbocycles. The number of benzene rings is 2. The summed E-state index contributed by atoms with van der Waals surface area (Å²) in [5, 5.41) is 3.18. The monoisotopic (exact) mass is 466 g/mol. The zero-order chi connectivity index (χ0) is 21.2. The van der Waals surface area contributed by atoms with Crippen LogP contribution in [-0.4, -0.2) is 32.1 Å². The Hall–Kier alpha value is -2.19. The fourth-order valence-corrected chi connectivity index (χ4v) is 4.32. The molecule has 1 amide bonds. The van der Waals surface area contributed by atoms with Gasteiger partial charge in [0.05, 0.1) is 20.6 Å². The second-order valence-electron chi connectivity index (χ2n) is 6.15. The van der Waals surface area contributed by atoms with E-state index in [1.54, 1.807) is 24.3 Å². The van der Waals surface area contributed by atoms with E-state index in [0.717, 1.165) is 11.8 Å². The summed E-state index contributed by atoms with van der Waals surface area (Å²) in [7, 11) is -3.33. The predicted molar refractivity (Wildman–Crippen MR) is 119 cm³/mol. The van der Waals surface area contributed by atoms with Crippen LogP contribution in [0, 0.1) is 0 Å². The van der Waals surface area contributed by atoms with Gasteiger partial charge in [0.2, 0.25) is 0 Å². The van der Waals surface area contributed by atoms with Gasteiger partial charge in [-0.25, -0.2) is 13.4 Å². The van der Waals surface area contributed by atoms with E-state index < -0.39 is 9.84 Å². The zero-order valence-electron chi connectivity index (χ0n) is 15.3. The number of aromatic nitrogens is 1. The van der Waals surface area contributed by atoms with Gasteiger partial charge in [0, 0.05) is 29.3 Å². The Morgan fingerprint density at radius 2 is 1.86 bits per heavy atom. The van der Waals surface area contributed by atoms with E-state index in [4.69, 9.17) is 23.2 Å². The van der Waals surface area contributed by atoms with Gasteiger partial charge in [0.25, 0.3) is 5.91 Å². The maximum Gasteiger partial charge on any atom is 0.260 e. The number of thiazole rings is 1. The summed E-state index contributed by atoms with van der Waals surface area (Å²) in [6.45, 7) is 3.96. The second kappa shape index (κ2) is 8.67. The molecule has 0 saturated heterocycles. The summed E-state index contributed by atoms with van der Waals surface area (Å²) < 4.78 is 23.2. The molecule has 1 aromatic heterocycles. The molecular weight excluding hydrogens is 451 g/mol. The van der Waals surface area contributed by atoms with Crippen molar-refractivity contribution in [1.82, 2.24) is 4.98 Å². The number of carbonyl (C=O) groups is 1. The summed E-state index contributed by atoms with van der Waals surface area (Å²) >= 11 is 13.4. The topological polar surface area (TPSA) is 67.3 Å². The molecule has 0 spiro atoms. The van der Waals surface area contributed by atoms with E-state index >= 15 is 0 Å². The number of carbonyl (C=O) groups excluding carboxylic acids is 1. The lowest BCUT2D eigenvalue weighted by Crippen LogP contribution is -2.31. The third kappa shape index (κ3) is 4.87. The van der Waals surface area contributed by atoms with E-state index in [9.17, 15) is 13.2 Å². The van der Waals surface area contributed by atoms with Gasteiger partial charge >= 0.3 is 0 Å². The quantitative estimate of drug-likeness (QED) is 0.458. The van der Waals surface area contributed by atoms with Gasteiger partial charge in [0.15, 0.2) is 15.0 Å². The molecule has 9 heteroatoms. The summed E-state index contributed by atoms with van der Waals surface area (Å²) in [6.07, 6.45) is 2.72. The molecule has 0 fully saturated rings. The van der Waals surface area contributed by atoms with E-state index in [-0.39, 0.29) is 17.3 Å². The summed E-state index contributed by atoms with van der Waals surface area (Å²) in [5.74, 6) is -0.306. The van der Waals surface area contributed by atoms with Crippen molar-refractivity contribution in [1.29, 1.82) is 0 Å². The number of sulfone groups is 1. The Balaban J connectivity index is 1.91. The van der Waals surface area contributed by atoms with Crippen molar-refractivity contribution in [3.05, 3.63) is 76.1 Å². The molecule has 0 atom stereocenters. The highest BCUT2D eigenvalue weighted by Crippen LogP contribution is 2.32. The molecule has 2 aromatic carbocycles. The molecule has 0 unspecified atom stereocenters. The van der Waals surface area contributed by atoms with Crippen molar-refractivity contribution >= 4 is 55.4 Å². The molecular formula is C20H16Cl2N2O3S2. The standard InChI is InChI=1S/C20H16Cl2N2O3S2/c1-3-10-24(19(25)13-4-7-15(8-5-13)29(2,26)27)20-23-18(12-28-20)14-6-9-16(21)17(22)11-14/h3-9,11-12H,1,10H2,2H3. The zero-order valence-corrected chi connectivity index (χ0v) is 18.4. The number of rotatable bonds is 6. The Kier molecular flexibility index (Phi) is 6.43. The molecule has 0 N–H and O–H groups in total. The van der Waals surface area contributed by atoms with Crippen LogP contribution >= 0.6 is 34.5 Å². The maximum atomic E-state index is 13.0. The lowest BCUT2D eigenvalue weighted by Gasteiger charge is -2.18. The van der Waals surface area contributed by atoms with Crippen molar-refractivity contribution in [2.45, 2.75) is 4.90 Å². The first-order chi connectivity index (χ1) is 13.7. The van der Waals surface area contributed by atoms with Gasteiger partial charge in [-0.15, -0.1) is 17.9 Å². The van der Waals surface area contributed by atoms with E-state index in [1.807, 2.05) is 5.38 Å². The molecule has 150 valence electrons. The lowest BCUT2D eigenvalue weighted by molar-refractivity contribution is 0.0989. The van der Waals surface area contributed by atoms with Crippen LogP contribution in [0.4, 0.5) is 5.13 Å². The lowest BCUT2D eigenvalue weighted by atomic mass is 10.2. The number of hydrogen-bond donors (Lipinski definition) is 0. The van der Waals surface area contributed by atoms with Crippen LogP contribution in [0.25, 0.3) is 11.3 Å². The third-order valence-electron chi connectivity index (χ3n) is 4.02. The molecule has 0 radical (unpaired) electrons. The molecule has 0 bridgehead atoms. The van der Waals surface area contributed by atoms with Crippen LogP contribution < -0.4 is 4.90 Å². The average molecular weight is 467 g/mol. The minimum absolute atomic E-state index is 0.153. The van der Waals surface area contributed by atoms with Crippen molar-refractivity contribution < 1.29 is 13.2 Å². The van der Waals surface area contributed by atoms with E-state index in [2.05, 4.69) is 11.6 Å². The first-order valence-corrected chi connectivity index (χ1v) is 11.9. The summed E-state index contributed by atoms with van der Waals surface area (Å²) in [6, 6.07) is 11.0. The smallest absolute Gasteiger partial charge is 0.260 e. The van der Waals surface area contributed by atoms with Gasteiger partial charge in [-0.1, -0.05) is 35.3 Å². The Bertz CT molecular complexity index is 1170. The number of anilines is 1. The highest BCUT2D eigenvalue weighted by atomic mass is 35.5. The molecule has 3 aromatic rings. The molecule has 1 heterocycles. The van der Waals surface area contributed by atoms with E-state index in [1.165, 1.54) is 40.5 Å². The Morgan fingerprint density at radius 3 is 2.45 bits per heavy atom. The molecule has 0 aliphatic heterocycles. The van der Waals surface area contributed by atoms with Crippen LogP contribution in [0.2, 0.25) is 10.0 Å². The van der Waals surface area contributed by atoms with Gasteiger partial charge in [-0.2, -0.15) is 0 Å². The second-order valence-corrected chi connectivity index (χ2v) is 9.81. The van der Waals surface area contributed by atoms with Crippen molar-refractivity contribution in [3.63, 3.8) is 0 Å².